The smallest absolute Gasteiger partial charge is 0.136 e. The van der Waals surface area contributed by atoms with Crippen molar-refractivity contribution in [1.82, 2.24) is 0 Å². The molecular formula is C20H22F2O. The van der Waals surface area contributed by atoms with Gasteiger partial charge in [-0.1, -0.05) is 37.3 Å². The summed E-state index contributed by atoms with van der Waals surface area (Å²) in [6.07, 6.45) is 4.42. The van der Waals surface area contributed by atoms with E-state index in [0.29, 0.717) is 24.8 Å². The summed E-state index contributed by atoms with van der Waals surface area (Å²) in [6.45, 7) is 1.88. The zero-order valence-corrected chi connectivity index (χ0v) is 13.4. The Bertz CT molecular complexity index is 647. The van der Waals surface area contributed by atoms with Gasteiger partial charge in [-0.05, 0) is 48.4 Å². The molecule has 0 saturated carbocycles. The lowest BCUT2D eigenvalue weighted by molar-refractivity contribution is -0.118. The van der Waals surface area contributed by atoms with E-state index in [1.54, 1.807) is 0 Å². The van der Waals surface area contributed by atoms with E-state index in [1.807, 2.05) is 19.1 Å². The molecular weight excluding hydrogens is 294 g/mol. The highest BCUT2D eigenvalue weighted by atomic mass is 19.1. The predicted octanol–water partition coefficient (Wildman–Crippen LogP) is 5.05. The molecule has 0 bridgehead atoms. The number of hydrogen-bond acceptors (Lipinski definition) is 1. The fourth-order valence-electron chi connectivity index (χ4n) is 2.55. The van der Waals surface area contributed by atoms with Crippen molar-refractivity contribution in [2.24, 2.45) is 0 Å². The van der Waals surface area contributed by atoms with E-state index in [4.69, 9.17) is 0 Å². The monoisotopic (exact) mass is 316 g/mol. The molecule has 0 unspecified atom stereocenters. The van der Waals surface area contributed by atoms with Crippen LogP contribution in [0.25, 0.3) is 0 Å². The molecule has 0 aliphatic heterocycles. The number of rotatable bonds is 8. The lowest BCUT2D eigenvalue weighted by Crippen LogP contribution is -2.00. The van der Waals surface area contributed by atoms with Gasteiger partial charge in [-0.15, -0.1) is 0 Å². The van der Waals surface area contributed by atoms with E-state index >= 15 is 0 Å². The van der Waals surface area contributed by atoms with Crippen LogP contribution in [0.1, 0.15) is 42.9 Å². The fourth-order valence-corrected chi connectivity index (χ4v) is 2.55. The van der Waals surface area contributed by atoms with Gasteiger partial charge in [0.2, 0.25) is 0 Å². The lowest BCUT2D eigenvalue weighted by atomic mass is 10.0. The van der Waals surface area contributed by atoms with Crippen molar-refractivity contribution in [3.63, 3.8) is 0 Å². The minimum atomic E-state index is -0.534. The molecule has 0 amide bonds. The zero-order valence-electron chi connectivity index (χ0n) is 13.4. The number of carbonyl (C=O) groups excluding carboxylic acids is 1. The maximum absolute atomic E-state index is 13.5. The Labute approximate surface area is 136 Å². The third-order valence-corrected chi connectivity index (χ3v) is 4.00. The lowest BCUT2D eigenvalue weighted by Gasteiger charge is -2.05. The molecule has 0 spiro atoms. The van der Waals surface area contributed by atoms with Gasteiger partial charge in [-0.2, -0.15) is 0 Å². The van der Waals surface area contributed by atoms with Gasteiger partial charge in [0.25, 0.3) is 0 Å². The molecule has 2 aromatic rings. The van der Waals surface area contributed by atoms with E-state index in [9.17, 15) is 13.6 Å². The summed E-state index contributed by atoms with van der Waals surface area (Å²) >= 11 is 0. The summed E-state index contributed by atoms with van der Waals surface area (Å²) in [5.74, 6) is -0.748. The molecule has 0 aliphatic carbocycles. The van der Waals surface area contributed by atoms with Crippen LogP contribution in [0.2, 0.25) is 0 Å². The summed E-state index contributed by atoms with van der Waals surface area (Å²) in [6, 6.07) is 11.9. The molecule has 2 aromatic carbocycles. The summed E-state index contributed by atoms with van der Waals surface area (Å²) in [4.78, 5) is 11.4. The van der Waals surface area contributed by atoms with Crippen LogP contribution in [0.3, 0.4) is 0 Å². The number of halogens is 2. The average Bonchev–Trinajstić information content (AvgIpc) is 2.54. The molecule has 0 saturated heterocycles. The highest BCUT2D eigenvalue weighted by Gasteiger charge is 2.04. The Morgan fingerprint density at radius 2 is 1.57 bits per heavy atom. The number of carbonyl (C=O) groups is 1. The van der Waals surface area contributed by atoms with Gasteiger partial charge in [-0.25, -0.2) is 8.78 Å². The SMILES string of the molecule is CCC(=O)Cc1ccc(CCCCc2ccc(F)cc2F)cc1. The first-order valence-electron chi connectivity index (χ1n) is 8.12. The van der Waals surface area contributed by atoms with Crippen LogP contribution < -0.4 is 0 Å². The Hall–Kier alpha value is -2.03. The number of aryl methyl sites for hydroxylation is 2. The summed E-state index contributed by atoms with van der Waals surface area (Å²) in [5, 5.41) is 0. The van der Waals surface area contributed by atoms with Crippen LogP contribution in [-0.4, -0.2) is 5.78 Å². The molecule has 0 aromatic heterocycles. The van der Waals surface area contributed by atoms with E-state index in [-0.39, 0.29) is 5.78 Å². The molecule has 0 aliphatic rings. The highest BCUT2D eigenvalue weighted by Crippen LogP contribution is 2.14. The van der Waals surface area contributed by atoms with Crippen molar-refractivity contribution in [1.29, 1.82) is 0 Å². The molecule has 0 N–H and O–H groups in total. The minimum Gasteiger partial charge on any atom is -0.299 e. The summed E-state index contributed by atoms with van der Waals surface area (Å²) in [7, 11) is 0. The number of unbranched alkanes of at least 4 members (excludes halogenated alkanes) is 1. The summed E-state index contributed by atoms with van der Waals surface area (Å²) < 4.78 is 26.3. The van der Waals surface area contributed by atoms with Gasteiger partial charge in [0.15, 0.2) is 0 Å². The van der Waals surface area contributed by atoms with Gasteiger partial charge >= 0.3 is 0 Å². The number of Topliss-reactive ketones (excluding diaryl/α,β-unsaturated/α-hetero) is 1. The molecule has 0 heterocycles. The maximum Gasteiger partial charge on any atom is 0.136 e. The van der Waals surface area contributed by atoms with Gasteiger partial charge in [-0.3, -0.25) is 4.79 Å². The van der Waals surface area contributed by atoms with Crippen LogP contribution in [0.15, 0.2) is 42.5 Å². The van der Waals surface area contributed by atoms with Crippen LogP contribution in [0.5, 0.6) is 0 Å². The van der Waals surface area contributed by atoms with E-state index in [0.717, 1.165) is 30.9 Å². The molecule has 122 valence electrons. The van der Waals surface area contributed by atoms with Gasteiger partial charge < -0.3 is 0 Å². The average molecular weight is 316 g/mol. The first-order valence-corrected chi connectivity index (χ1v) is 8.12. The zero-order chi connectivity index (χ0) is 16.7. The number of benzene rings is 2. The van der Waals surface area contributed by atoms with Gasteiger partial charge in [0.1, 0.15) is 17.4 Å². The molecule has 0 fully saturated rings. The van der Waals surface area contributed by atoms with Crippen LogP contribution >= 0.6 is 0 Å². The van der Waals surface area contributed by atoms with E-state index < -0.39 is 11.6 Å². The predicted molar refractivity (Wildman–Crippen MR) is 88.4 cm³/mol. The van der Waals surface area contributed by atoms with E-state index in [1.165, 1.54) is 17.7 Å². The third-order valence-electron chi connectivity index (χ3n) is 4.00. The van der Waals surface area contributed by atoms with Crippen molar-refractivity contribution in [2.45, 2.75) is 45.4 Å². The Kier molecular flexibility index (Phi) is 6.45. The second-order valence-corrected chi connectivity index (χ2v) is 5.83. The minimum absolute atomic E-state index is 0.249. The second-order valence-electron chi connectivity index (χ2n) is 5.83. The van der Waals surface area contributed by atoms with Crippen LogP contribution in [-0.2, 0) is 24.1 Å². The first kappa shape index (κ1) is 17.3. The standard InChI is InChI=1S/C20H22F2O/c1-2-19(23)13-16-9-7-15(8-10-16)5-3-4-6-17-11-12-18(21)14-20(17)22/h7-12,14H,2-6,13H2,1H3. The summed E-state index contributed by atoms with van der Waals surface area (Å²) in [5.41, 5.74) is 2.84. The molecule has 3 heteroatoms. The Morgan fingerprint density at radius 1 is 0.913 bits per heavy atom. The molecule has 23 heavy (non-hydrogen) atoms. The van der Waals surface area contributed by atoms with E-state index in [2.05, 4.69) is 12.1 Å². The highest BCUT2D eigenvalue weighted by molar-refractivity contribution is 5.80. The van der Waals surface area contributed by atoms with Crippen LogP contribution in [0, 0.1) is 11.6 Å². The number of hydrogen-bond donors (Lipinski definition) is 0. The normalized spacial score (nSPS) is 10.7. The molecule has 0 atom stereocenters. The molecule has 0 radical (unpaired) electrons. The molecule has 1 nitrogen and oxygen atoms in total. The topological polar surface area (TPSA) is 17.1 Å². The second kappa shape index (κ2) is 8.56. The Morgan fingerprint density at radius 3 is 2.22 bits per heavy atom. The fraction of sp³-hybridized carbons (Fsp3) is 0.350. The largest absolute Gasteiger partial charge is 0.299 e. The van der Waals surface area contributed by atoms with Crippen molar-refractivity contribution in [2.75, 3.05) is 0 Å². The van der Waals surface area contributed by atoms with Crippen LogP contribution in [0.4, 0.5) is 8.78 Å². The quantitative estimate of drug-likeness (QED) is 0.623. The molecule has 2 rings (SSSR count). The van der Waals surface area contributed by atoms with Crippen molar-refractivity contribution >= 4 is 5.78 Å². The van der Waals surface area contributed by atoms with Crippen molar-refractivity contribution in [3.05, 3.63) is 70.8 Å². The number of ketones is 1. The van der Waals surface area contributed by atoms with Gasteiger partial charge in [0, 0.05) is 18.9 Å². The van der Waals surface area contributed by atoms with Gasteiger partial charge in [0.05, 0.1) is 0 Å². The maximum atomic E-state index is 13.5. The Balaban J connectivity index is 1.76. The third kappa shape index (κ3) is 5.59. The van der Waals surface area contributed by atoms with Crippen molar-refractivity contribution in [3.8, 4) is 0 Å². The first-order chi connectivity index (χ1) is 11.1. The van der Waals surface area contributed by atoms with Crippen molar-refractivity contribution < 1.29 is 13.6 Å².